The highest BCUT2D eigenvalue weighted by molar-refractivity contribution is 5.73. The van der Waals surface area contributed by atoms with Gasteiger partial charge < -0.3 is 14.7 Å². The first-order valence-corrected chi connectivity index (χ1v) is 9.45. The van der Waals surface area contributed by atoms with Crippen molar-refractivity contribution in [2.45, 2.75) is 38.8 Å². The van der Waals surface area contributed by atoms with Crippen molar-refractivity contribution in [3.8, 4) is 0 Å². The van der Waals surface area contributed by atoms with E-state index in [0.29, 0.717) is 13.0 Å². The van der Waals surface area contributed by atoms with Gasteiger partial charge in [-0.3, -0.25) is 9.69 Å². The van der Waals surface area contributed by atoms with E-state index in [1.54, 1.807) is 4.90 Å². The van der Waals surface area contributed by atoms with Crippen molar-refractivity contribution in [3.63, 3.8) is 0 Å². The Hall–Kier alpha value is -2.08. The van der Waals surface area contributed by atoms with E-state index < -0.39 is 18.0 Å². The van der Waals surface area contributed by atoms with E-state index in [1.807, 2.05) is 30.3 Å². The van der Waals surface area contributed by atoms with E-state index in [9.17, 15) is 14.7 Å². The number of carboxylic acid groups (broad SMARTS) is 1. The number of ether oxygens (including phenoxy) is 1. The summed E-state index contributed by atoms with van der Waals surface area (Å²) in [7, 11) is 0. The maximum Gasteiger partial charge on any atom is 0.410 e. The average Bonchev–Trinajstić information content (AvgIpc) is 2.67. The number of benzene rings is 1. The summed E-state index contributed by atoms with van der Waals surface area (Å²) in [5.74, 6) is -0.643. The summed E-state index contributed by atoms with van der Waals surface area (Å²) in [6.45, 7) is 5.19. The summed E-state index contributed by atoms with van der Waals surface area (Å²) < 4.78 is 5.42. The number of hydrogen-bond donors (Lipinski definition) is 1. The van der Waals surface area contributed by atoms with Crippen LogP contribution < -0.4 is 0 Å². The topological polar surface area (TPSA) is 70.1 Å². The number of carbonyl (C=O) groups excluding carboxylic acids is 1. The molecule has 2 aliphatic heterocycles. The Bertz CT molecular complexity index is 613. The first kappa shape index (κ1) is 18.7. The van der Waals surface area contributed by atoms with Crippen molar-refractivity contribution < 1.29 is 19.4 Å². The first-order valence-electron chi connectivity index (χ1n) is 9.45. The fraction of sp³-hybridized carbons (Fsp3) is 0.600. The van der Waals surface area contributed by atoms with Crippen LogP contribution in [-0.2, 0) is 16.1 Å². The molecule has 2 aliphatic rings. The van der Waals surface area contributed by atoms with Crippen molar-refractivity contribution in [2.75, 3.05) is 26.2 Å². The Morgan fingerprint density at radius 1 is 1.15 bits per heavy atom. The van der Waals surface area contributed by atoms with Crippen molar-refractivity contribution in [1.82, 2.24) is 9.80 Å². The van der Waals surface area contributed by atoms with Crippen LogP contribution in [0.4, 0.5) is 4.79 Å². The van der Waals surface area contributed by atoms with Gasteiger partial charge in [-0.05, 0) is 43.8 Å². The van der Waals surface area contributed by atoms with E-state index in [0.717, 1.165) is 37.4 Å². The zero-order chi connectivity index (χ0) is 18.5. The van der Waals surface area contributed by atoms with Gasteiger partial charge in [0.1, 0.15) is 6.61 Å². The van der Waals surface area contributed by atoms with Gasteiger partial charge in [-0.15, -0.1) is 0 Å². The maximum absolute atomic E-state index is 12.5. The number of piperidine rings is 2. The Morgan fingerprint density at radius 3 is 2.50 bits per heavy atom. The molecule has 1 amide bonds. The lowest BCUT2D eigenvalue weighted by Crippen LogP contribution is -2.55. The van der Waals surface area contributed by atoms with E-state index in [1.165, 1.54) is 0 Å². The molecule has 2 atom stereocenters. The summed E-state index contributed by atoms with van der Waals surface area (Å²) in [5.41, 5.74) is 0.925. The lowest BCUT2D eigenvalue weighted by molar-refractivity contribution is -0.144. The van der Waals surface area contributed by atoms with Crippen molar-refractivity contribution in [1.29, 1.82) is 0 Å². The van der Waals surface area contributed by atoms with Gasteiger partial charge in [0.15, 0.2) is 0 Å². The number of carbonyl (C=O) groups is 2. The van der Waals surface area contributed by atoms with Crippen LogP contribution in [0, 0.1) is 11.8 Å². The molecule has 0 radical (unpaired) electrons. The molecule has 2 heterocycles. The second-order valence-electron chi connectivity index (χ2n) is 7.59. The Morgan fingerprint density at radius 2 is 1.85 bits per heavy atom. The highest BCUT2D eigenvalue weighted by Gasteiger charge is 2.37. The monoisotopic (exact) mass is 360 g/mol. The normalized spacial score (nSPS) is 25.0. The minimum absolute atomic E-state index is 0.0987. The Kier molecular flexibility index (Phi) is 6.14. The molecule has 1 aromatic carbocycles. The lowest BCUT2D eigenvalue weighted by atomic mass is 9.90. The molecule has 3 rings (SSSR count). The van der Waals surface area contributed by atoms with Crippen LogP contribution in [0.25, 0.3) is 0 Å². The number of hydrogen-bond acceptors (Lipinski definition) is 4. The molecule has 0 spiro atoms. The van der Waals surface area contributed by atoms with E-state index in [-0.39, 0.29) is 19.2 Å². The minimum atomic E-state index is -0.832. The quantitative estimate of drug-likeness (QED) is 0.894. The smallest absolute Gasteiger partial charge is 0.410 e. The predicted octanol–water partition coefficient (Wildman–Crippen LogP) is 2.83. The number of likely N-dealkylation sites (tertiary alicyclic amines) is 2. The molecular formula is C20H28N2O4. The Balaban J connectivity index is 1.61. The second-order valence-corrected chi connectivity index (χ2v) is 7.59. The van der Waals surface area contributed by atoms with Crippen molar-refractivity contribution in [3.05, 3.63) is 35.9 Å². The fourth-order valence-electron chi connectivity index (χ4n) is 3.87. The molecular weight excluding hydrogens is 332 g/mol. The molecule has 1 N–H and O–H groups in total. The SMILES string of the molecule is CC1CCN([C@@H]2C[C@@H](C(=O)O)CN(C(=O)OCc3ccccc3)C2)CC1. The summed E-state index contributed by atoms with van der Waals surface area (Å²) in [6.07, 6.45) is 2.45. The number of nitrogens with zero attached hydrogens (tertiary/aromatic N) is 2. The van der Waals surface area contributed by atoms with Gasteiger partial charge in [-0.2, -0.15) is 0 Å². The average molecular weight is 360 g/mol. The number of rotatable bonds is 4. The fourth-order valence-corrected chi connectivity index (χ4v) is 3.87. The Labute approximate surface area is 154 Å². The molecule has 0 aromatic heterocycles. The molecule has 0 unspecified atom stereocenters. The van der Waals surface area contributed by atoms with Crippen LogP contribution in [-0.4, -0.2) is 59.2 Å². The van der Waals surface area contributed by atoms with Gasteiger partial charge >= 0.3 is 12.1 Å². The summed E-state index contributed by atoms with van der Waals surface area (Å²) >= 11 is 0. The number of aliphatic carboxylic acids is 1. The molecule has 2 saturated heterocycles. The summed E-state index contributed by atoms with van der Waals surface area (Å²) in [6, 6.07) is 9.62. The summed E-state index contributed by atoms with van der Waals surface area (Å²) in [4.78, 5) is 28.0. The zero-order valence-corrected chi connectivity index (χ0v) is 15.3. The highest BCUT2D eigenvalue weighted by Crippen LogP contribution is 2.26. The molecule has 2 fully saturated rings. The van der Waals surface area contributed by atoms with Gasteiger partial charge in [-0.25, -0.2) is 4.79 Å². The number of carboxylic acids is 1. The maximum atomic E-state index is 12.5. The molecule has 0 saturated carbocycles. The van der Waals surface area contributed by atoms with Crippen LogP contribution in [0.3, 0.4) is 0 Å². The van der Waals surface area contributed by atoms with Crippen LogP contribution in [0.15, 0.2) is 30.3 Å². The van der Waals surface area contributed by atoms with Crippen molar-refractivity contribution in [2.24, 2.45) is 11.8 Å². The van der Waals surface area contributed by atoms with E-state index in [2.05, 4.69) is 11.8 Å². The number of amides is 1. The third-order valence-electron chi connectivity index (χ3n) is 5.58. The van der Waals surface area contributed by atoms with Crippen LogP contribution in [0.5, 0.6) is 0 Å². The first-order chi connectivity index (χ1) is 12.5. The van der Waals surface area contributed by atoms with Gasteiger partial charge in [-0.1, -0.05) is 37.3 Å². The van der Waals surface area contributed by atoms with Gasteiger partial charge in [0.05, 0.1) is 5.92 Å². The molecule has 6 nitrogen and oxygen atoms in total. The van der Waals surface area contributed by atoms with Gasteiger partial charge in [0.25, 0.3) is 0 Å². The third-order valence-corrected chi connectivity index (χ3v) is 5.58. The minimum Gasteiger partial charge on any atom is -0.481 e. The van der Waals surface area contributed by atoms with Gasteiger partial charge in [0, 0.05) is 19.1 Å². The largest absolute Gasteiger partial charge is 0.481 e. The van der Waals surface area contributed by atoms with E-state index in [4.69, 9.17) is 4.74 Å². The van der Waals surface area contributed by atoms with E-state index >= 15 is 0 Å². The summed E-state index contributed by atoms with van der Waals surface area (Å²) in [5, 5.41) is 9.51. The van der Waals surface area contributed by atoms with Crippen LogP contribution >= 0.6 is 0 Å². The molecule has 26 heavy (non-hydrogen) atoms. The lowest BCUT2D eigenvalue weighted by Gasteiger charge is -2.43. The molecule has 1 aromatic rings. The standard InChI is InChI=1S/C20H28N2O4/c1-15-7-9-21(10-8-15)18-11-17(19(23)24)12-22(13-18)20(25)26-14-16-5-3-2-4-6-16/h2-6,15,17-18H,7-14H2,1H3,(H,23,24)/t17-,18-/m1/s1. The van der Waals surface area contributed by atoms with Gasteiger partial charge in [0.2, 0.25) is 0 Å². The molecule has 142 valence electrons. The van der Waals surface area contributed by atoms with Crippen molar-refractivity contribution >= 4 is 12.1 Å². The second kappa shape index (κ2) is 8.54. The zero-order valence-electron chi connectivity index (χ0n) is 15.3. The third kappa shape index (κ3) is 4.75. The van der Waals surface area contributed by atoms with Crippen LogP contribution in [0.2, 0.25) is 0 Å². The van der Waals surface area contributed by atoms with Crippen LogP contribution in [0.1, 0.15) is 31.7 Å². The molecule has 6 heteroatoms. The predicted molar refractivity (Wildman–Crippen MR) is 97.7 cm³/mol. The molecule has 0 bridgehead atoms. The highest BCUT2D eigenvalue weighted by atomic mass is 16.6. The molecule has 0 aliphatic carbocycles.